The normalized spacial score (nSPS) is 47.4. The summed E-state index contributed by atoms with van der Waals surface area (Å²) in [6, 6.07) is 0. The summed E-state index contributed by atoms with van der Waals surface area (Å²) in [7, 11) is 1.59. The van der Waals surface area contributed by atoms with Crippen LogP contribution in [0.4, 0.5) is 0 Å². The van der Waals surface area contributed by atoms with Crippen LogP contribution in [-0.4, -0.2) is 49.2 Å². The second-order valence-corrected chi connectivity index (χ2v) is 4.93. The third kappa shape index (κ3) is 2.10. The van der Waals surface area contributed by atoms with Crippen molar-refractivity contribution < 1.29 is 24.1 Å². The van der Waals surface area contributed by atoms with Crippen molar-refractivity contribution in [2.45, 2.75) is 51.2 Å². The highest BCUT2D eigenvalue weighted by Gasteiger charge is 2.50. The van der Waals surface area contributed by atoms with Gasteiger partial charge in [0.25, 0.3) is 0 Å². The first-order valence-electron chi connectivity index (χ1n) is 5.63. The van der Waals surface area contributed by atoms with Crippen LogP contribution >= 0.6 is 0 Å². The maximum Gasteiger partial charge on any atom is 0.163 e. The summed E-state index contributed by atoms with van der Waals surface area (Å²) in [4.78, 5) is 0. The van der Waals surface area contributed by atoms with Crippen LogP contribution in [0.5, 0.6) is 0 Å². The Hall–Kier alpha value is -0.200. The molecule has 0 saturated carbocycles. The van der Waals surface area contributed by atoms with Crippen LogP contribution in [0.2, 0.25) is 0 Å². The van der Waals surface area contributed by atoms with Crippen molar-refractivity contribution in [2.24, 2.45) is 5.92 Å². The van der Waals surface area contributed by atoms with Gasteiger partial charge in [0.1, 0.15) is 12.2 Å². The van der Waals surface area contributed by atoms with E-state index in [-0.39, 0.29) is 31.0 Å². The molecule has 0 aromatic heterocycles. The zero-order valence-corrected chi connectivity index (χ0v) is 10.2. The lowest BCUT2D eigenvalue weighted by atomic mass is 9.97. The molecule has 0 spiro atoms. The first-order chi connectivity index (χ1) is 7.44. The monoisotopic (exact) mass is 232 g/mol. The fourth-order valence-corrected chi connectivity index (χ4v) is 2.40. The molecule has 1 N–H and O–H groups in total. The Balaban J connectivity index is 2.19. The number of ether oxygens (including phenoxy) is 4. The molecule has 2 rings (SSSR count). The average Bonchev–Trinajstić information content (AvgIpc) is 2.50. The van der Waals surface area contributed by atoms with Gasteiger partial charge in [0.2, 0.25) is 0 Å². The van der Waals surface area contributed by atoms with E-state index in [2.05, 4.69) is 0 Å². The molecule has 5 atom stereocenters. The smallest absolute Gasteiger partial charge is 0.163 e. The zero-order chi connectivity index (χ0) is 11.9. The zero-order valence-electron chi connectivity index (χ0n) is 10.2. The molecule has 5 heteroatoms. The molecule has 0 radical (unpaired) electrons. The summed E-state index contributed by atoms with van der Waals surface area (Å²) in [5, 5.41) is 9.94. The minimum absolute atomic E-state index is 0.0222. The first kappa shape index (κ1) is 12.3. The van der Waals surface area contributed by atoms with Gasteiger partial charge in [0.15, 0.2) is 12.1 Å². The van der Waals surface area contributed by atoms with Crippen molar-refractivity contribution in [3.8, 4) is 0 Å². The molecule has 0 aromatic carbocycles. The van der Waals surface area contributed by atoms with Crippen molar-refractivity contribution >= 4 is 0 Å². The molecule has 2 aliphatic heterocycles. The Morgan fingerprint density at radius 3 is 2.50 bits per heavy atom. The van der Waals surface area contributed by atoms with Gasteiger partial charge in [-0.3, -0.25) is 0 Å². The molecule has 5 nitrogen and oxygen atoms in total. The minimum Gasteiger partial charge on any atom is -0.388 e. The molecule has 94 valence electrons. The van der Waals surface area contributed by atoms with Gasteiger partial charge in [0.05, 0.1) is 12.7 Å². The lowest BCUT2D eigenvalue weighted by molar-refractivity contribution is -0.204. The fraction of sp³-hybridized carbons (Fsp3) is 1.00. The number of hydrogen-bond acceptors (Lipinski definition) is 5. The third-order valence-corrected chi connectivity index (χ3v) is 3.15. The van der Waals surface area contributed by atoms with Crippen LogP contribution in [0, 0.1) is 5.92 Å². The topological polar surface area (TPSA) is 57.2 Å². The fourth-order valence-electron chi connectivity index (χ4n) is 2.40. The average molecular weight is 232 g/mol. The van der Waals surface area contributed by atoms with Crippen molar-refractivity contribution in [2.75, 3.05) is 13.7 Å². The van der Waals surface area contributed by atoms with Gasteiger partial charge in [0, 0.05) is 13.0 Å². The van der Waals surface area contributed by atoms with Crippen molar-refractivity contribution in [3.63, 3.8) is 0 Å². The largest absolute Gasteiger partial charge is 0.388 e. The quantitative estimate of drug-likeness (QED) is 0.713. The molecule has 5 unspecified atom stereocenters. The van der Waals surface area contributed by atoms with E-state index in [4.69, 9.17) is 18.9 Å². The summed E-state index contributed by atoms with van der Waals surface area (Å²) in [6.07, 6.45) is -1.57. The number of rotatable bonds is 1. The van der Waals surface area contributed by atoms with Gasteiger partial charge in [-0.15, -0.1) is 0 Å². The van der Waals surface area contributed by atoms with Gasteiger partial charge in [-0.05, 0) is 13.8 Å². The van der Waals surface area contributed by atoms with Crippen LogP contribution in [0.1, 0.15) is 20.8 Å². The van der Waals surface area contributed by atoms with Crippen LogP contribution in [-0.2, 0) is 18.9 Å². The molecule has 2 aliphatic rings. The number of aliphatic hydroxyl groups excluding tert-OH is 1. The predicted octanol–water partition coefficient (Wildman–Crippen LogP) is 0.506. The van der Waals surface area contributed by atoms with Crippen LogP contribution in [0.25, 0.3) is 0 Å². The van der Waals surface area contributed by atoms with E-state index < -0.39 is 11.9 Å². The molecular weight excluding hydrogens is 212 g/mol. The molecular formula is C11H20O5. The molecule has 2 saturated heterocycles. The van der Waals surface area contributed by atoms with Gasteiger partial charge >= 0.3 is 0 Å². The lowest BCUT2D eigenvalue weighted by Crippen LogP contribution is -2.39. The van der Waals surface area contributed by atoms with Crippen LogP contribution in [0.15, 0.2) is 0 Å². The van der Waals surface area contributed by atoms with E-state index in [1.807, 2.05) is 20.8 Å². The Labute approximate surface area is 95.6 Å². The lowest BCUT2D eigenvalue weighted by Gasteiger charge is -2.26. The van der Waals surface area contributed by atoms with Gasteiger partial charge in [-0.2, -0.15) is 0 Å². The predicted molar refractivity (Wildman–Crippen MR) is 55.7 cm³/mol. The minimum atomic E-state index is -0.672. The van der Waals surface area contributed by atoms with Gasteiger partial charge < -0.3 is 24.1 Å². The van der Waals surface area contributed by atoms with E-state index >= 15 is 0 Å². The molecule has 0 bridgehead atoms. The molecule has 2 heterocycles. The van der Waals surface area contributed by atoms with Crippen LogP contribution < -0.4 is 0 Å². The molecule has 2 fully saturated rings. The van der Waals surface area contributed by atoms with E-state index in [1.165, 1.54) is 0 Å². The second kappa shape index (κ2) is 4.23. The number of hydrogen-bond donors (Lipinski definition) is 1. The Morgan fingerprint density at radius 2 is 1.88 bits per heavy atom. The number of fused-ring (bicyclic) bond motifs is 1. The maximum absolute atomic E-state index is 9.94. The third-order valence-electron chi connectivity index (χ3n) is 3.15. The second-order valence-electron chi connectivity index (χ2n) is 4.93. The summed E-state index contributed by atoms with van der Waals surface area (Å²) in [5.41, 5.74) is 0. The highest BCUT2D eigenvalue weighted by atomic mass is 16.8. The Bertz CT molecular complexity index is 255. The number of aliphatic hydroxyl groups is 1. The Kier molecular flexibility index (Phi) is 3.25. The molecule has 0 aromatic rings. The van der Waals surface area contributed by atoms with E-state index in [1.54, 1.807) is 7.11 Å². The molecule has 0 amide bonds. The van der Waals surface area contributed by atoms with E-state index in [0.29, 0.717) is 0 Å². The number of methoxy groups -OCH3 is 1. The standard InChI is InChI=1S/C11H20O5/c1-6-8-9(16-11(2,3)15-8)7(12)5-14-10(6)13-4/h6-10,12H,5H2,1-4H3. The van der Waals surface area contributed by atoms with Crippen molar-refractivity contribution in [1.29, 1.82) is 0 Å². The maximum atomic E-state index is 9.94. The molecule has 16 heavy (non-hydrogen) atoms. The highest BCUT2D eigenvalue weighted by Crippen LogP contribution is 2.37. The van der Waals surface area contributed by atoms with Crippen LogP contribution in [0.3, 0.4) is 0 Å². The van der Waals surface area contributed by atoms with Crippen molar-refractivity contribution in [1.82, 2.24) is 0 Å². The van der Waals surface area contributed by atoms with Gasteiger partial charge in [-0.1, -0.05) is 6.92 Å². The summed E-state index contributed by atoms with van der Waals surface area (Å²) >= 11 is 0. The molecule has 0 aliphatic carbocycles. The summed E-state index contributed by atoms with van der Waals surface area (Å²) in [5.74, 6) is -0.630. The highest BCUT2D eigenvalue weighted by molar-refractivity contribution is 4.92. The van der Waals surface area contributed by atoms with E-state index in [0.717, 1.165) is 0 Å². The van der Waals surface area contributed by atoms with Gasteiger partial charge in [-0.25, -0.2) is 0 Å². The van der Waals surface area contributed by atoms with E-state index in [9.17, 15) is 5.11 Å². The first-order valence-corrected chi connectivity index (χ1v) is 5.63. The Morgan fingerprint density at radius 1 is 1.25 bits per heavy atom. The summed E-state index contributed by atoms with van der Waals surface area (Å²) < 4.78 is 22.2. The summed E-state index contributed by atoms with van der Waals surface area (Å²) in [6.45, 7) is 5.89. The van der Waals surface area contributed by atoms with Crippen molar-refractivity contribution in [3.05, 3.63) is 0 Å². The SMILES string of the molecule is COC1OCC(O)C2OC(C)(C)OC2C1C.